The van der Waals surface area contributed by atoms with Crippen LogP contribution in [0.15, 0.2) is 51.8 Å². The van der Waals surface area contributed by atoms with E-state index in [1.807, 2.05) is 6.07 Å². The summed E-state index contributed by atoms with van der Waals surface area (Å²) in [5.41, 5.74) is 1.55. The van der Waals surface area contributed by atoms with Crippen molar-refractivity contribution in [1.29, 1.82) is 0 Å². The quantitative estimate of drug-likeness (QED) is 0.480. The number of hydrogen-bond acceptors (Lipinski definition) is 4. The predicted octanol–water partition coefficient (Wildman–Crippen LogP) is 2.40. The molecule has 0 bridgehead atoms. The number of pyridine rings is 1. The van der Waals surface area contributed by atoms with Crippen LogP contribution in [0.2, 0.25) is 0 Å². The molecule has 0 amide bonds. The van der Waals surface area contributed by atoms with Crippen LogP contribution in [0.3, 0.4) is 0 Å². The zero-order chi connectivity index (χ0) is 13.0. The first-order valence-electron chi connectivity index (χ1n) is 5.83. The maximum atomic E-state index is 12.4. The van der Waals surface area contributed by atoms with Crippen LogP contribution in [0.4, 0.5) is 0 Å². The van der Waals surface area contributed by atoms with E-state index in [0.29, 0.717) is 33.4 Å². The molecule has 90 valence electrons. The molecule has 0 aliphatic heterocycles. The number of carbonyl (C=O) groups excluding carboxylic acids is 1. The van der Waals surface area contributed by atoms with Crippen molar-refractivity contribution in [1.82, 2.24) is 4.98 Å². The van der Waals surface area contributed by atoms with Crippen LogP contribution in [0.25, 0.3) is 22.2 Å². The largest absolute Gasteiger partial charge is 0.421 e. The third-order valence-corrected chi connectivity index (χ3v) is 3.33. The molecule has 4 rings (SSSR count). The second kappa shape index (κ2) is 3.38. The minimum atomic E-state index is -0.466. The molecule has 0 unspecified atom stereocenters. The minimum absolute atomic E-state index is 0.141. The molecule has 0 saturated carbocycles. The number of fused-ring (bicyclic) bond motifs is 5. The maximum absolute atomic E-state index is 12.4. The highest BCUT2D eigenvalue weighted by Gasteiger charge is 2.32. The first-order valence-corrected chi connectivity index (χ1v) is 5.83. The summed E-state index contributed by atoms with van der Waals surface area (Å²) in [6.45, 7) is 0. The molecule has 3 aromatic rings. The van der Waals surface area contributed by atoms with Crippen molar-refractivity contribution in [3.63, 3.8) is 0 Å². The molecule has 0 spiro atoms. The van der Waals surface area contributed by atoms with Crippen molar-refractivity contribution in [2.75, 3.05) is 0 Å². The van der Waals surface area contributed by atoms with Gasteiger partial charge in [0.15, 0.2) is 11.5 Å². The lowest BCUT2D eigenvalue weighted by atomic mass is 10.1. The number of carbonyl (C=O) groups is 1. The molecule has 2 aromatic heterocycles. The third-order valence-electron chi connectivity index (χ3n) is 3.33. The van der Waals surface area contributed by atoms with Crippen LogP contribution in [0, 0.1) is 0 Å². The summed E-state index contributed by atoms with van der Waals surface area (Å²) >= 11 is 0. The second-order valence-electron chi connectivity index (χ2n) is 4.37. The van der Waals surface area contributed by atoms with Gasteiger partial charge in [-0.15, -0.1) is 0 Å². The SMILES string of the molecule is O=C1c2ccccc2-c2oc(=O)c3cccnc3c21. The van der Waals surface area contributed by atoms with Crippen LogP contribution in [-0.2, 0) is 0 Å². The average Bonchev–Trinajstić information content (AvgIpc) is 2.73. The normalized spacial score (nSPS) is 12.5. The van der Waals surface area contributed by atoms with Gasteiger partial charge in [-0.1, -0.05) is 24.3 Å². The first kappa shape index (κ1) is 10.2. The zero-order valence-electron chi connectivity index (χ0n) is 9.71. The molecule has 4 heteroatoms. The monoisotopic (exact) mass is 249 g/mol. The van der Waals surface area contributed by atoms with E-state index in [9.17, 15) is 9.59 Å². The van der Waals surface area contributed by atoms with Crippen LogP contribution >= 0.6 is 0 Å². The van der Waals surface area contributed by atoms with E-state index in [1.54, 1.807) is 36.5 Å². The van der Waals surface area contributed by atoms with Crippen LogP contribution in [0.1, 0.15) is 15.9 Å². The van der Waals surface area contributed by atoms with Crippen molar-refractivity contribution in [3.8, 4) is 11.3 Å². The predicted molar refractivity (Wildman–Crippen MR) is 69.1 cm³/mol. The lowest BCUT2D eigenvalue weighted by molar-refractivity contribution is 0.104. The molecular weight excluding hydrogens is 242 g/mol. The van der Waals surface area contributed by atoms with Crippen molar-refractivity contribution >= 4 is 16.7 Å². The summed E-state index contributed by atoms with van der Waals surface area (Å²) in [7, 11) is 0. The number of aromatic nitrogens is 1. The van der Waals surface area contributed by atoms with Gasteiger partial charge in [0.05, 0.1) is 16.5 Å². The van der Waals surface area contributed by atoms with Crippen LogP contribution < -0.4 is 5.63 Å². The van der Waals surface area contributed by atoms with E-state index < -0.39 is 5.63 Å². The fourth-order valence-corrected chi connectivity index (χ4v) is 2.49. The Bertz CT molecular complexity index is 909. The number of hydrogen-bond donors (Lipinski definition) is 0. The summed E-state index contributed by atoms with van der Waals surface area (Å²) in [6.07, 6.45) is 1.57. The van der Waals surface area contributed by atoms with Gasteiger partial charge in [-0.05, 0) is 12.1 Å². The molecule has 1 aromatic carbocycles. The molecule has 19 heavy (non-hydrogen) atoms. The Balaban J connectivity index is 2.25. The van der Waals surface area contributed by atoms with Crippen molar-refractivity contribution in [2.24, 2.45) is 0 Å². The minimum Gasteiger partial charge on any atom is -0.421 e. The highest BCUT2D eigenvalue weighted by atomic mass is 16.4. The van der Waals surface area contributed by atoms with Gasteiger partial charge in [0.1, 0.15) is 0 Å². The smallest absolute Gasteiger partial charge is 0.345 e. The van der Waals surface area contributed by atoms with E-state index in [-0.39, 0.29) is 5.78 Å². The highest BCUT2D eigenvalue weighted by Crippen LogP contribution is 2.38. The van der Waals surface area contributed by atoms with Crippen molar-refractivity contribution < 1.29 is 9.21 Å². The van der Waals surface area contributed by atoms with Gasteiger partial charge in [0, 0.05) is 17.3 Å². The molecular formula is C15H7NO3. The summed E-state index contributed by atoms with van der Waals surface area (Å²) in [5, 5.41) is 0.336. The average molecular weight is 249 g/mol. The molecule has 0 radical (unpaired) electrons. The topological polar surface area (TPSA) is 60.2 Å². The Labute approximate surface area is 107 Å². The fraction of sp³-hybridized carbons (Fsp3) is 0. The van der Waals surface area contributed by atoms with Crippen molar-refractivity contribution in [2.45, 2.75) is 0 Å². The van der Waals surface area contributed by atoms with E-state index >= 15 is 0 Å². The Morgan fingerprint density at radius 3 is 2.58 bits per heavy atom. The number of ketones is 1. The van der Waals surface area contributed by atoms with E-state index in [0.717, 1.165) is 0 Å². The van der Waals surface area contributed by atoms with Gasteiger partial charge >= 0.3 is 5.63 Å². The summed E-state index contributed by atoms with van der Waals surface area (Å²) < 4.78 is 5.31. The van der Waals surface area contributed by atoms with Gasteiger partial charge in [0.2, 0.25) is 0 Å². The Morgan fingerprint density at radius 1 is 0.947 bits per heavy atom. The summed E-state index contributed by atoms with van der Waals surface area (Å²) in [6, 6.07) is 10.4. The standard InChI is InChI=1S/C15H7NO3/c17-13-8-4-1-2-5-9(8)14-11(13)12-10(15(18)19-14)6-3-7-16-12/h1-7H. The molecule has 2 heterocycles. The Morgan fingerprint density at radius 2 is 1.74 bits per heavy atom. The Hall–Kier alpha value is -2.75. The number of nitrogens with zero attached hydrogens (tertiary/aromatic N) is 1. The van der Waals surface area contributed by atoms with Gasteiger partial charge in [0.25, 0.3) is 0 Å². The van der Waals surface area contributed by atoms with Gasteiger partial charge in [-0.2, -0.15) is 0 Å². The van der Waals surface area contributed by atoms with Gasteiger partial charge < -0.3 is 4.42 Å². The van der Waals surface area contributed by atoms with E-state index in [4.69, 9.17) is 4.42 Å². The fourth-order valence-electron chi connectivity index (χ4n) is 2.49. The maximum Gasteiger partial charge on any atom is 0.345 e. The Kier molecular flexibility index (Phi) is 1.82. The van der Waals surface area contributed by atoms with Gasteiger partial charge in [-0.3, -0.25) is 9.78 Å². The first-order chi connectivity index (χ1) is 9.27. The van der Waals surface area contributed by atoms with E-state index in [1.165, 1.54) is 0 Å². The zero-order valence-corrected chi connectivity index (χ0v) is 9.71. The summed E-state index contributed by atoms with van der Waals surface area (Å²) in [4.78, 5) is 28.5. The molecule has 1 aliphatic carbocycles. The number of rotatable bonds is 0. The third kappa shape index (κ3) is 1.20. The van der Waals surface area contributed by atoms with Crippen LogP contribution in [0.5, 0.6) is 0 Å². The van der Waals surface area contributed by atoms with Crippen LogP contribution in [-0.4, -0.2) is 10.8 Å². The molecule has 0 fully saturated rings. The van der Waals surface area contributed by atoms with Crippen molar-refractivity contribution in [3.05, 3.63) is 64.1 Å². The molecule has 4 nitrogen and oxygen atoms in total. The molecule has 0 N–H and O–H groups in total. The number of benzene rings is 1. The molecule has 1 aliphatic rings. The second-order valence-corrected chi connectivity index (χ2v) is 4.37. The van der Waals surface area contributed by atoms with E-state index in [2.05, 4.69) is 4.98 Å². The lowest BCUT2D eigenvalue weighted by Gasteiger charge is -2.01. The molecule has 0 saturated heterocycles. The summed E-state index contributed by atoms with van der Waals surface area (Å²) in [5.74, 6) is 0.190. The molecule has 0 atom stereocenters. The lowest BCUT2D eigenvalue weighted by Crippen LogP contribution is -2.05. The highest BCUT2D eigenvalue weighted by molar-refractivity contribution is 6.25. The van der Waals surface area contributed by atoms with Gasteiger partial charge in [-0.25, -0.2) is 4.79 Å².